The quantitative estimate of drug-likeness (QED) is 0.528. The lowest BCUT2D eigenvalue weighted by molar-refractivity contribution is -0.115. The van der Waals surface area contributed by atoms with Crippen LogP contribution in [0.15, 0.2) is 58.6 Å². The zero-order valence-electron chi connectivity index (χ0n) is 15.2. The number of aromatic amines is 1. The minimum Gasteiger partial charge on any atom is -0.325 e. The van der Waals surface area contributed by atoms with E-state index in [4.69, 9.17) is 5.14 Å². The van der Waals surface area contributed by atoms with Gasteiger partial charge >= 0.3 is 0 Å². The van der Waals surface area contributed by atoms with Crippen LogP contribution in [0.25, 0.3) is 11.4 Å². The van der Waals surface area contributed by atoms with Crippen molar-refractivity contribution < 1.29 is 13.2 Å². The van der Waals surface area contributed by atoms with Crippen molar-refractivity contribution >= 4 is 33.4 Å². The van der Waals surface area contributed by atoms with E-state index in [1.807, 2.05) is 31.2 Å². The van der Waals surface area contributed by atoms with Crippen molar-refractivity contribution in [2.24, 2.45) is 5.14 Å². The third-order valence-corrected chi connectivity index (χ3v) is 5.78. The molecular weight excluding hydrogens is 398 g/mol. The van der Waals surface area contributed by atoms with Crippen LogP contribution in [0.3, 0.4) is 0 Å². The van der Waals surface area contributed by atoms with Gasteiger partial charge in [0.15, 0.2) is 5.82 Å². The van der Waals surface area contributed by atoms with E-state index in [1.165, 1.54) is 36.0 Å². The third-order valence-electron chi connectivity index (χ3n) is 3.89. The van der Waals surface area contributed by atoms with Gasteiger partial charge in [-0.2, -0.15) is 0 Å². The molecule has 28 heavy (non-hydrogen) atoms. The maximum Gasteiger partial charge on any atom is 0.238 e. The number of hydrogen-bond acceptors (Lipinski definition) is 6. The Morgan fingerprint density at radius 1 is 1.14 bits per heavy atom. The number of aromatic nitrogens is 3. The summed E-state index contributed by atoms with van der Waals surface area (Å²) in [4.78, 5) is 16.8. The summed E-state index contributed by atoms with van der Waals surface area (Å²) in [5.74, 6) is 0.378. The predicted octanol–water partition coefficient (Wildman–Crippen LogP) is 2.55. The lowest BCUT2D eigenvalue weighted by atomic mass is 10.1. The van der Waals surface area contributed by atoms with Gasteiger partial charge in [-0.3, -0.25) is 9.89 Å². The second kappa shape index (κ2) is 8.13. The van der Waals surface area contributed by atoms with Gasteiger partial charge in [0, 0.05) is 11.3 Å². The summed E-state index contributed by atoms with van der Waals surface area (Å²) < 4.78 is 22.5. The summed E-state index contributed by atoms with van der Waals surface area (Å²) >= 11 is 1.22. The van der Waals surface area contributed by atoms with Gasteiger partial charge in [0.1, 0.15) is 0 Å². The van der Waals surface area contributed by atoms with Gasteiger partial charge in [-0.05, 0) is 38.1 Å². The zero-order valence-corrected chi connectivity index (χ0v) is 16.8. The van der Waals surface area contributed by atoms with Gasteiger partial charge in [-0.1, -0.05) is 41.6 Å². The Kier molecular flexibility index (Phi) is 5.82. The van der Waals surface area contributed by atoms with Crippen molar-refractivity contribution in [2.75, 3.05) is 5.32 Å². The second-order valence-electron chi connectivity index (χ2n) is 6.15. The van der Waals surface area contributed by atoms with Crippen molar-refractivity contribution in [2.45, 2.75) is 29.1 Å². The Hall–Kier alpha value is -2.69. The summed E-state index contributed by atoms with van der Waals surface area (Å²) in [6.07, 6.45) is 0. The fraction of sp³-hybridized carbons (Fsp3) is 0.167. The Morgan fingerprint density at radius 2 is 1.79 bits per heavy atom. The molecule has 2 aromatic carbocycles. The van der Waals surface area contributed by atoms with Crippen molar-refractivity contribution in [1.82, 2.24) is 15.2 Å². The average Bonchev–Trinajstić information content (AvgIpc) is 3.10. The Labute approximate surface area is 167 Å². The molecule has 1 unspecified atom stereocenters. The molecule has 0 saturated carbocycles. The standard InChI is InChI=1S/C18H19N5O3S2/c1-11-3-5-13(6-4-11)16-21-18(23-22-16)27-12(2)17(24)20-14-7-9-15(10-8-14)28(19,25)26/h3-10,12H,1-2H3,(H,20,24)(H2,19,25,26)(H,21,22,23). The van der Waals surface area contributed by atoms with E-state index in [9.17, 15) is 13.2 Å². The molecule has 8 nitrogen and oxygen atoms in total. The molecule has 1 atom stereocenters. The molecule has 0 aliphatic rings. The molecule has 0 radical (unpaired) electrons. The molecule has 1 heterocycles. The van der Waals surface area contributed by atoms with Crippen LogP contribution in [-0.2, 0) is 14.8 Å². The molecule has 3 rings (SSSR count). The highest BCUT2D eigenvalue weighted by molar-refractivity contribution is 8.00. The topological polar surface area (TPSA) is 131 Å². The minimum atomic E-state index is -3.76. The van der Waals surface area contributed by atoms with Crippen LogP contribution in [0.5, 0.6) is 0 Å². The van der Waals surface area contributed by atoms with E-state index < -0.39 is 15.3 Å². The summed E-state index contributed by atoms with van der Waals surface area (Å²) in [7, 11) is -3.76. The number of thioether (sulfide) groups is 1. The van der Waals surface area contributed by atoms with Crippen molar-refractivity contribution in [3.05, 3.63) is 54.1 Å². The number of primary sulfonamides is 1. The van der Waals surface area contributed by atoms with E-state index in [2.05, 4.69) is 20.5 Å². The molecule has 0 bridgehead atoms. The van der Waals surface area contributed by atoms with Gasteiger partial charge < -0.3 is 5.32 Å². The number of sulfonamides is 1. The lowest BCUT2D eigenvalue weighted by Gasteiger charge is -2.10. The Bertz CT molecular complexity index is 1080. The molecule has 1 amide bonds. The molecule has 10 heteroatoms. The Morgan fingerprint density at radius 3 is 2.39 bits per heavy atom. The number of carbonyl (C=O) groups excluding carboxylic acids is 1. The predicted molar refractivity (Wildman–Crippen MR) is 108 cm³/mol. The summed E-state index contributed by atoms with van der Waals surface area (Å²) in [5.41, 5.74) is 2.54. The highest BCUT2D eigenvalue weighted by atomic mass is 32.2. The number of amides is 1. The first-order valence-corrected chi connectivity index (χ1v) is 10.7. The normalized spacial score (nSPS) is 12.5. The third kappa shape index (κ3) is 4.97. The monoisotopic (exact) mass is 417 g/mol. The first kappa shape index (κ1) is 20.1. The van der Waals surface area contributed by atoms with Gasteiger partial charge in [-0.25, -0.2) is 18.5 Å². The van der Waals surface area contributed by atoms with Gasteiger partial charge in [0.05, 0.1) is 10.1 Å². The van der Waals surface area contributed by atoms with Crippen LogP contribution in [0.4, 0.5) is 5.69 Å². The van der Waals surface area contributed by atoms with Gasteiger partial charge in [0.25, 0.3) is 0 Å². The number of carbonyl (C=O) groups is 1. The lowest BCUT2D eigenvalue weighted by Crippen LogP contribution is -2.22. The number of nitrogens with zero attached hydrogens (tertiary/aromatic N) is 2. The number of benzene rings is 2. The number of aryl methyl sites for hydroxylation is 1. The number of H-pyrrole nitrogens is 1. The highest BCUT2D eigenvalue weighted by Crippen LogP contribution is 2.24. The van der Waals surface area contributed by atoms with Crippen LogP contribution in [0, 0.1) is 6.92 Å². The van der Waals surface area contributed by atoms with Gasteiger partial charge in [0.2, 0.25) is 21.1 Å². The maximum atomic E-state index is 12.4. The second-order valence-corrected chi connectivity index (χ2v) is 9.02. The number of anilines is 1. The maximum absolute atomic E-state index is 12.4. The largest absolute Gasteiger partial charge is 0.325 e. The molecule has 0 aliphatic heterocycles. The fourth-order valence-corrected chi connectivity index (χ4v) is 3.56. The Balaban J connectivity index is 1.62. The molecule has 3 aromatic rings. The van der Waals surface area contributed by atoms with Crippen LogP contribution < -0.4 is 10.5 Å². The van der Waals surface area contributed by atoms with Crippen molar-refractivity contribution in [1.29, 1.82) is 0 Å². The molecule has 4 N–H and O–H groups in total. The van der Waals surface area contributed by atoms with E-state index in [1.54, 1.807) is 6.92 Å². The van der Waals surface area contributed by atoms with Crippen LogP contribution in [-0.4, -0.2) is 34.8 Å². The van der Waals surface area contributed by atoms with Crippen molar-refractivity contribution in [3.8, 4) is 11.4 Å². The summed E-state index contributed by atoms with van der Waals surface area (Å²) in [5, 5.41) is 14.8. The van der Waals surface area contributed by atoms with E-state index >= 15 is 0 Å². The SMILES string of the molecule is Cc1ccc(-c2nc(SC(C)C(=O)Nc3ccc(S(N)(=O)=O)cc3)n[nH]2)cc1. The molecule has 1 aromatic heterocycles. The first-order chi connectivity index (χ1) is 13.2. The fourth-order valence-electron chi connectivity index (χ4n) is 2.32. The number of nitrogens with one attached hydrogen (secondary N) is 2. The molecule has 0 saturated heterocycles. The first-order valence-electron chi connectivity index (χ1n) is 8.32. The van der Waals surface area contributed by atoms with Gasteiger partial charge in [-0.15, -0.1) is 5.10 Å². The average molecular weight is 418 g/mol. The summed E-state index contributed by atoms with van der Waals surface area (Å²) in [6, 6.07) is 13.5. The van der Waals surface area contributed by atoms with E-state index in [-0.39, 0.29) is 10.8 Å². The zero-order chi connectivity index (χ0) is 20.3. The summed E-state index contributed by atoms with van der Waals surface area (Å²) in [6.45, 7) is 3.74. The highest BCUT2D eigenvalue weighted by Gasteiger charge is 2.18. The van der Waals surface area contributed by atoms with E-state index in [0.717, 1.165) is 11.1 Å². The molecular formula is C18H19N5O3S2. The minimum absolute atomic E-state index is 0.0164. The van der Waals surface area contributed by atoms with Crippen LogP contribution in [0.1, 0.15) is 12.5 Å². The van der Waals surface area contributed by atoms with E-state index in [0.29, 0.717) is 16.7 Å². The van der Waals surface area contributed by atoms with Crippen LogP contribution in [0.2, 0.25) is 0 Å². The van der Waals surface area contributed by atoms with Crippen LogP contribution >= 0.6 is 11.8 Å². The molecule has 0 aliphatic carbocycles. The number of hydrogen-bond donors (Lipinski definition) is 3. The number of rotatable bonds is 6. The molecule has 0 fully saturated rings. The smallest absolute Gasteiger partial charge is 0.238 e. The molecule has 0 spiro atoms. The van der Waals surface area contributed by atoms with Crippen molar-refractivity contribution in [3.63, 3.8) is 0 Å². The number of nitrogens with two attached hydrogens (primary N) is 1. The molecule has 146 valence electrons.